The van der Waals surface area contributed by atoms with Gasteiger partial charge in [-0.1, -0.05) is 29.8 Å². The number of anilines is 2. The SMILES string of the molecule is COc1ccc(C)cc1-c1csc(NC(=O)c2cc3ccccc3nc2N2CCCC2)n1. The molecule has 32 heavy (non-hydrogen) atoms. The Labute approximate surface area is 190 Å². The van der Waals surface area contributed by atoms with Crippen LogP contribution in [0.5, 0.6) is 5.75 Å². The van der Waals surface area contributed by atoms with Crippen molar-refractivity contribution in [2.45, 2.75) is 19.8 Å². The van der Waals surface area contributed by atoms with E-state index in [9.17, 15) is 4.79 Å². The molecule has 4 aromatic rings. The van der Waals surface area contributed by atoms with Crippen LogP contribution < -0.4 is 15.0 Å². The smallest absolute Gasteiger partial charge is 0.261 e. The zero-order valence-corrected chi connectivity index (χ0v) is 18.9. The van der Waals surface area contributed by atoms with Crippen LogP contribution in [-0.4, -0.2) is 36.1 Å². The molecule has 1 amide bonds. The molecule has 0 radical (unpaired) electrons. The zero-order valence-electron chi connectivity index (χ0n) is 18.1. The molecule has 1 N–H and O–H groups in total. The number of para-hydroxylation sites is 1. The first-order valence-electron chi connectivity index (χ1n) is 10.7. The van der Waals surface area contributed by atoms with Crippen LogP contribution in [0.15, 0.2) is 53.9 Å². The van der Waals surface area contributed by atoms with E-state index in [1.807, 2.05) is 60.8 Å². The molecule has 5 rings (SSSR count). The minimum Gasteiger partial charge on any atom is -0.496 e. The van der Waals surface area contributed by atoms with E-state index >= 15 is 0 Å². The number of nitrogens with zero attached hydrogens (tertiary/aromatic N) is 3. The molecule has 7 heteroatoms. The minimum absolute atomic E-state index is 0.192. The highest BCUT2D eigenvalue weighted by Gasteiger charge is 2.23. The zero-order chi connectivity index (χ0) is 22.1. The van der Waals surface area contributed by atoms with Crippen LogP contribution in [-0.2, 0) is 0 Å². The van der Waals surface area contributed by atoms with Crippen LogP contribution in [0, 0.1) is 6.92 Å². The first kappa shape index (κ1) is 20.5. The normalized spacial score (nSPS) is 13.5. The summed E-state index contributed by atoms with van der Waals surface area (Å²) in [6, 6.07) is 15.8. The topological polar surface area (TPSA) is 67.3 Å². The Morgan fingerprint density at radius 3 is 2.72 bits per heavy atom. The third-order valence-electron chi connectivity index (χ3n) is 5.71. The molecule has 0 aliphatic carbocycles. The Morgan fingerprint density at radius 1 is 1.09 bits per heavy atom. The molecule has 0 bridgehead atoms. The number of hydrogen-bond donors (Lipinski definition) is 1. The monoisotopic (exact) mass is 444 g/mol. The number of aromatic nitrogens is 2. The van der Waals surface area contributed by atoms with E-state index < -0.39 is 0 Å². The lowest BCUT2D eigenvalue weighted by Crippen LogP contribution is -2.24. The third-order valence-corrected chi connectivity index (χ3v) is 6.47. The fourth-order valence-electron chi connectivity index (χ4n) is 4.08. The second kappa shape index (κ2) is 8.59. The summed E-state index contributed by atoms with van der Waals surface area (Å²) < 4.78 is 5.49. The summed E-state index contributed by atoms with van der Waals surface area (Å²) in [6.07, 6.45) is 2.23. The molecule has 0 atom stereocenters. The Balaban J connectivity index is 1.47. The number of amides is 1. The number of rotatable bonds is 5. The van der Waals surface area contributed by atoms with Crippen LogP contribution in [0.2, 0.25) is 0 Å². The fourth-order valence-corrected chi connectivity index (χ4v) is 4.79. The van der Waals surface area contributed by atoms with Gasteiger partial charge in [0.15, 0.2) is 5.13 Å². The fraction of sp³-hybridized carbons (Fsp3) is 0.240. The Bertz CT molecular complexity index is 1290. The minimum atomic E-state index is -0.192. The van der Waals surface area contributed by atoms with E-state index in [-0.39, 0.29) is 5.91 Å². The number of ether oxygens (including phenoxy) is 1. The number of methoxy groups -OCH3 is 1. The average molecular weight is 445 g/mol. The molecule has 162 valence electrons. The van der Waals surface area contributed by atoms with Crippen LogP contribution in [0.1, 0.15) is 28.8 Å². The quantitative estimate of drug-likeness (QED) is 0.438. The molecule has 1 fully saturated rings. The van der Waals surface area contributed by atoms with Gasteiger partial charge in [-0.3, -0.25) is 10.1 Å². The highest BCUT2D eigenvalue weighted by molar-refractivity contribution is 7.14. The maximum Gasteiger partial charge on any atom is 0.261 e. The molecular weight excluding hydrogens is 420 g/mol. The van der Waals surface area contributed by atoms with Crippen molar-refractivity contribution < 1.29 is 9.53 Å². The van der Waals surface area contributed by atoms with Gasteiger partial charge in [-0.05, 0) is 44.0 Å². The number of aryl methyl sites for hydroxylation is 1. The standard InChI is InChI=1S/C25H24N4O2S/c1-16-9-10-22(31-2)18(13-16)21-15-32-25(27-21)28-24(30)19-14-17-7-3-4-8-20(17)26-23(19)29-11-5-6-12-29/h3-4,7-10,13-15H,5-6,11-12H2,1-2H3,(H,27,28,30). The van der Waals surface area contributed by atoms with Crippen molar-refractivity contribution >= 4 is 39.1 Å². The highest BCUT2D eigenvalue weighted by Crippen LogP contribution is 2.34. The summed E-state index contributed by atoms with van der Waals surface area (Å²) in [5, 5.41) is 6.43. The largest absolute Gasteiger partial charge is 0.496 e. The number of nitrogens with one attached hydrogen (secondary N) is 1. The second-order valence-corrected chi connectivity index (χ2v) is 8.80. The van der Waals surface area contributed by atoms with E-state index in [4.69, 9.17) is 9.72 Å². The number of fused-ring (bicyclic) bond motifs is 1. The Kier molecular flexibility index (Phi) is 5.49. The molecule has 0 saturated carbocycles. The van der Waals surface area contributed by atoms with Crippen molar-refractivity contribution in [2.24, 2.45) is 0 Å². The maximum absolute atomic E-state index is 13.3. The number of carbonyl (C=O) groups excluding carboxylic acids is 1. The number of hydrogen-bond acceptors (Lipinski definition) is 6. The lowest BCUT2D eigenvalue weighted by atomic mass is 10.1. The molecule has 1 aliphatic rings. The van der Waals surface area contributed by atoms with Crippen molar-refractivity contribution in [1.82, 2.24) is 9.97 Å². The van der Waals surface area contributed by atoms with Gasteiger partial charge in [0.1, 0.15) is 11.6 Å². The van der Waals surface area contributed by atoms with Crippen molar-refractivity contribution in [3.8, 4) is 17.0 Å². The van der Waals surface area contributed by atoms with Crippen LogP contribution in [0.4, 0.5) is 10.9 Å². The van der Waals surface area contributed by atoms with Crippen LogP contribution >= 0.6 is 11.3 Å². The van der Waals surface area contributed by atoms with Gasteiger partial charge in [0.05, 0.1) is 23.9 Å². The van der Waals surface area contributed by atoms with Gasteiger partial charge in [0, 0.05) is 29.4 Å². The predicted octanol–water partition coefficient (Wildman–Crippen LogP) is 5.53. The molecule has 2 aromatic carbocycles. The van der Waals surface area contributed by atoms with Gasteiger partial charge in [-0.25, -0.2) is 9.97 Å². The first-order chi connectivity index (χ1) is 15.6. The summed E-state index contributed by atoms with van der Waals surface area (Å²) >= 11 is 1.40. The van der Waals surface area contributed by atoms with Crippen LogP contribution in [0.25, 0.3) is 22.2 Å². The second-order valence-electron chi connectivity index (χ2n) is 7.94. The molecular formula is C25H24N4O2S. The Morgan fingerprint density at radius 2 is 1.91 bits per heavy atom. The molecule has 3 heterocycles. The van der Waals surface area contributed by atoms with E-state index in [2.05, 4.69) is 15.2 Å². The number of benzene rings is 2. The van der Waals surface area contributed by atoms with E-state index in [0.29, 0.717) is 10.7 Å². The number of pyridine rings is 1. The lowest BCUT2D eigenvalue weighted by Gasteiger charge is -2.20. The van der Waals surface area contributed by atoms with Gasteiger partial charge in [0.25, 0.3) is 5.91 Å². The van der Waals surface area contributed by atoms with Crippen LogP contribution in [0.3, 0.4) is 0 Å². The van der Waals surface area contributed by atoms with Gasteiger partial charge in [-0.2, -0.15) is 0 Å². The molecule has 0 spiro atoms. The van der Waals surface area contributed by atoms with Gasteiger partial charge < -0.3 is 9.64 Å². The maximum atomic E-state index is 13.3. The molecule has 2 aromatic heterocycles. The summed E-state index contributed by atoms with van der Waals surface area (Å²) in [7, 11) is 1.65. The Hall–Kier alpha value is -3.45. The number of thiazole rings is 1. The molecule has 6 nitrogen and oxygen atoms in total. The summed E-state index contributed by atoms with van der Waals surface area (Å²) in [6.45, 7) is 3.87. The highest BCUT2D eigenvalue weighted by atomic mass is 32.1. The van der Waals surface area contributed by atoms with Crippen molar-refractivity contribution in [3.05, 3.63) is 65.0 Å². The van der Waals surface area contributed by atoms with E-state index in [1.54, 1.807) is 7.11 Å². The lowest BCUT2D eigenvalue weighted by molar-refractivity contribution is 0.102. The third kappa shape index (κ3) is 3.91. The summed E-state index contributed by atoms with van der Waals surface area (Å²) in [5.74, 6) is 1.31. The summed E-state index contributed by atoms with van der Waals surface area (Å²) in [5.41, 5.74) is 4.29. The van der Waals surface area contributed by atoms with Crippen molar-refractivity contribution in [1.29, 1.82) is 0 Å². The van der Waals surface area contributed by atoms with Crippen molar-refractivity contribution in [3.63, 3.8) is 0 Å². The predicted molar refractivity (Wildman–Crippen MR) is 130 cm³/mol. The summed E-state index contributed by atoms with van der Waals surface area (Å²) in [4.78, 5) is 25.0. The van der Waals surface area contributed by atoms with Gasteiger partial charge in [0.2, 0.25) is 0 Å². The van der Waals surface area contributed by atoms with E-state index in [1.165, 1.54) is 11.3 Å². The van der Waals surface area contributed by atoms with Crippen molar-refractivity contribution in [2.75, 3.05) is 30.4 Å². The average Bonchev–Trinajstić information content (AvgIpc) is 3.50. The van der Waals surface area contributed by atoms with Gasteiger partial charge in [-0.15, -0.1) is 11.3 Å². The molecule has 1 saturated heterocycles. The van der Waals surface area contributed by atoms with Gasteiger partial charge >= 0.3 is 0 Å². The first-order valence-corrected chi connectivity index (χ1v) is 11.6. The molecule has 1 aliphatic heterocycles. The number of carbonyl (C=O) groups is 1. The molecule has 0 unspecified atom stereocenters. The van der Waals surface area contributed by atoms with E-state index in [0.717, 1.165) is 65.2 Å².